The van der Waals surface area contributed by atoms with Crippen LogP contribution in [0.2, 0.25) is 0 Å². The molecule has 2 heterocycles. The zero-order chi connectivity index (χ0) is 10.5. The second kappa shape index (κ2) is 2.84. The van der Waals surface area contributed by atoms with Gasteiger partial charge in [-0.15, -0.1) is 0 Å². The lowest BCUT2D eigenvalue weighted by Gasteiger charge is -2.12. The molecule has 1 saturated carbocycles. The van der Waals surface area contributed by atoms with Crippen LogP contribution >= 0.6 is 0 Å². The summed E-state index contributed by atoms with van der Waals surface area (Å²) in [5.74, 6) is 0. The zero-order valence-electron chi connectivity index (χ0n) is 9.02. The molecule has 1 aliphatic carbocycles. The first-order valence-corrected chi connectivity index (χ1v) is 5.51. The Morgan fingerprint density at radius 1 is 1.40 bits per heavy atom. The van der Waals surface area contributed by atoms with E-state index in [1.807, 2.05) is 35.2 Å². The molecule has 3 rings (SSSR count). The minimum Gasteiger partial charge on any atom is -0.304 e. The first kappa shape index (κ1) is 8.95. The van der Waals surface area contributed by atoms with Gasteiger partial charge in [-0.2, -0.15) is 4.57 Å². The van der Waals surface area contributed by atoms with E-state index in [0.717, 1.165) is 13.1 Å². The Kier molecular flexibility index (Phi) is 1.69. The Bertz CT molecular complexity index is 406. The van der Waals surface area contributed by atoms with Crippen LogP contribution < -0.4 is 4.57 Å². The van der Waals surface area contributed by atoms with Gasteiger partial charge in [-0.25, -0.2) is 9.36 Å². The summed E-state index contributed by atoms with van der Waals surface area (Å²) in [4.78, 5) is 14.0. The summed E-state index contributed by atoms with van der Waals surface area (Å²) in [5.41, 5.74) is 0.519. The fourth-order valence-corrected chi connectivity index (χ4v) is 2.41. The standard InChI is InChI=1S/C11H16N3O/c1-12-6-7-14(9-12)10(15)13-5-4-11(8-13)2-3-11/h6-7,9H,2-5,8H2,1H3/q+1. The number of hydrogen-bond acceptors (Lipinski definition) is 1. The highest BCUT2D eigenvalue weighted by atomic mass is 16.2. The summed E-state index contributed by atoms with van der Waals surface area (Å²) in [5, 5.41) is 0. The fraction of sp³-hybridized carbons (Fsp3) is 0.636. The first-order chi connectivity index (χ1) is 7.19. The van der Waals surface area contributed by atoms with Crippen LogP contribution in [-0.2, 0) is 7.05 Å². The van der Waals surface area contributed by atoms with Crippen LogP contribution in [0, 0.1) is 5.41 Å². The molecule has 1 aliphatic heterocycles. The van der Waals surface area contributed by atoms with Crippen molar-refractivity contribution >= 4 is 6.03 Å². The minimum atomic E-state index is 0.124. The van der Waals surface area contributed by atoms with Gasteiger partial charge in [-0.1, -0.05) is 0 Å². The summed E-state index contributed by atoms with van der Waals surface area (Å²) in [7, 11) is 1.93. The van der Waals surface area contributed by atoms with Crippen molar-refractivity contribution in [3.8, 4) is 0 Å². The van der Waals surface area contributed by atoms with E-state index in [1.54, 1.807) is 4.57 Å². The van der Waals surface area contributed by atoms with Gasteiger partial charge in [-0.3, -0.25) is 0 Å². The van der Waals surface area contributed by atoms with Crippen LogP contribution in [0.1, 0.15) is 19.3 Å². The van der Waals surface area contributed by atoms with Gasteiger partial charge < -0.3 is 4.90 Å². The monoisotopic (exact) mass is 206 g/mol. The second-order valence-electron chi connectivity index (χ2n) is 4.94. The van der Waals surface area contributed by atoms with E-state index in [-0.39, 0.29) is 6.03 Å². The Morgan fingerprint density at radius 3 is 2.73 bits per heavy atom. The molecule has 1 saturated heterocycles. The van der Waals surface area contributed by atoms with E-state index in [4.69, 9.17) is 0 Å². The highest BCUT2D eigenvalue weighted by Gasteiger charge is 2.49. The molecule has 0 bridgehead atoms. The Morgan fingerprint density at radius 2 is 2.20 bits per heavy atom. The number of aryl methyl sites for hydroxylation is 1. The van der Waals surface area contributed by atoms with Crippen molar-refractivity contribution in [2.45, 2.75) is 19.3 Å². The fourth-order valence-electron chi connectivity index (χ4n) is 2.41. The van der Waals surface area contributed by atoms with Crippen molar-refractivity contribution in [3.63, 3.8) is 0 Å². The number of carbonyl (C=O) groups is 1. The molecule has 0 unspecified atom stereocenters. The van der Waals surface area contributed by atoms with Crippen LogP contribution in [0.5, 0.6) is 0 Å². The van der Waals surface area contributed by atoms with E-state index in [9.17, 15) is 4.79 Å². The van der Waals surface area contributed by atoms with Crippen molar-refractivity contribution in [1.29, 1.82) is 0 Å². The Hall–Kier alpha value is -1.32. The predicted molar refractivity (Wildman–Crippen MR) is 54.3 cm³/mol. The van der Waals surface area contributed by atoms with Gasteiger partial charge >= 0.3 is 6.03 Å². The number of hydrogen-bond donors (Lipinski definition) is 0. The molecule has 4 heteroatoms. The highest BCUT2D eigenvalue weighted by molar-refractivity contribution is 5.76. The minimum absolute atomic E-state index is 0.124. The van der Waals surface area contributed by atoms with Gasteiger partial charge in [-0.05, 0) is 24.7 Å². The van der Waals surface area contributed by atoms with Crippen molar-refractivity contribution in [3.05, 3.63) is 18.7 Å². The molecular weight excluding hydrogens is 190 g/mol. The highest BCUT2D eigenvalue weighted by Crippen LogP contribution is 2.52. The van der Waals surface area contributed by atoms with E-state index >= 15 is 0 Å². The largest absolute Gasteiger partial charge is 0.415 e. The molecule has 1 aromatic rings. The van der Waals surface area contributed by atoms with E-state index < -0.39 is 0 Å². The molecule has 1 amide bonds. The lowest BCUT2D eigenvalue weighted by molar-refractivity contribution is -0.670. The van der Waals surface area contributed by atoms with Crippen molar-refractivity contribution in [2.24, 2.45) is 12.5 Å². The molecular formula is C11H16N3O+. The van der Waals surface area contributed by atoms with Gasteiger partial charge in [0.2, 0.25) is 0 Å². The summed E-state index contributed by atoms with van der Waals surface area (Å²) < 4.78 is 3.56. The number of imidazole rings is 1. The van der Waals surface area contributed by atoms with Crippen LogP contribution in [-0.4, -0.2) is 28.6 Å². The molecule has 0 aromatic carbocycles. The summed E-state index contributed by atoms with van der Waals surface area (Å²) >= 11 is 0. The molecule has 0 radical (unpaired) electrons. The maximum Gasteiger partial charge on any atom is 0.415 e. The summed E-state index contributed by atoms with van der Waals surface area (Å²) in [6.07, 6.45) is 9.36. The molecule has 1 spiro atoms. The number of carbonyl (C=O) groups excluding carboxylic acids is 1. The van der Waals surface area contributed by atoms with Gasteiger partial charge in [0.1, 0.15) is 12.4 Å². The molecule has 80 valence electrons. The smallest absolute Gasteiger partial charge is 0.304 e. The number of aromatic nitrogens is 2. The predicted octanol–water partition coefficient (Wildman–Crippen LogP) is 0.767. The quantitative estimate of drug-likeness (QED) is 0.576. The zero-order valence-corrected chi connectivity index (χ0v) is 9.02. The lowest BCUT2D eigenvalue weighted by atomic mass is 10.1. The van der Waals surface area contributed by atoms with E-state index in [1.165, 1.54) is 19.3 Å². The maximum atomic E-state index is 12.1. The normalized spacial score (nSPS) is 22.3. The molecule has 0 N–H and O–H groups in total. The second-order valence-corrected chi connectivity index (χ2v) is 4.94. The van der Waals surface area contributed by atoms with E-state index in [2.05, 4.69) is 0 Å². The third kappa shape index (κ3) is 1.44. The van der Waals surface area contributed by atoms with Crippen molar-refractivity contribution in [1.82, 2.24) is 9.47 Å². The molecule has 2 aliphatic rings. The molecule has 4 nitrogen and oxygen atoms in total. The Balaban J connectivity index is 1.75. The topological polar surface area (TPSA) is 29.1 Å². The third-order valence-corrected chi connectivity index (χ3v) is 3.66. The molecule has 0 atom stereocenters. The molecule has 1 aromatic heterocycles. The number of likely N-dealkylation sites (tertiary alicyclic amines) is 1. The molecule has 2 fully saturated rings. The van der Waals surface area contributed by atoms with Crippen LogP contribution in [0.4, 0.5) is 4.79 Å². The number of rotatable bonds is 0. The lowest BCUT2D eigenvalue weighted by Crippen LogP contribution is -2.34. The van der Waals surface area contributed by atoms with Gasteiger partial charge in [0.25, 0.3) is 6.33 Å². The van der Waals surface area contributed by atoms with Gasteiger partial charge in [0, 0.05) is 13.1 Å². The average Bonchev–Trinajstić information content (AvgIpc) is 2.64. The van der Waals surface area contributed by atoms with Gasteiger partial charge in [0.05, 0.1) is 7.05 Å². The average molecular weight is 206 g/mol. The van der Waals surface area contributed by atoms with Crippen molar-refractivity contribution < 1.29 is 9.36 Å². The first-order valence-electron chi connectivity index (χ1n) is 5.51. The van der Waals surface area contributed by atoms with Crippen LogP contribution in [0.25, 0.3) is 0 Å². The SMILES string of the molecule is C[n+]1ccn(C(=O)N2CCC3(CC3)C2)c1. The summed E-state index contributed by atoms with van der Waals surface area (Å²) in [6.45, 7) is 1.90. The third-order valence-electron chi connectivity index (χ3n) is 3.66. The van der Waals surface area contributed by atoms with Crippen LogP contribution in [0.15, 0.2) is 18.7 Å². The maximum absolute atomic E-state index is 12.1. The number of nitrogens with zero attached hydrogens (tertiary/aromatic N) is 3. The van der Waals surface area contributed by atoms with Crippen LogP contribution in [0.3, 0.4) is 0 Å². The Labute approximate surface area is 89.1 Å². The van der Waals surface area contributed by atoms with Crippen molar-refractivity contribution in [2.75, 3.05) is 13.1 Å². The number of amides is 1. The van der Waals surface area contributed by atoms with Gasteiger partial charge in [0.15, 0.2) is 0 Å². The van der Waals surface area contributed by atoms with E-state index in [0.29, 0.717) is 5.41 Å². The summed E-state index contributed by atoms with van der Waals surface area (Å²) in [6, 6.07) is 0.124. The molecule has 15 heavy (non-hydrogen) atoms.